The SMILES string of the molecule is COc1ccc(Cl)cc1NC(=O)[C@H]1C[C@H]([C@H](C)O)N[C@]12C(=O)Nc1ccc(Cl)cc12. The second-order valence-corrected chi connectivity index (χ2v) is 8.44. The largest absolute Gasteiger partial charge is 0.495 e. The molecule has 2 heterocycles. The first kappa shape index (κ1) is 20.9. The summed E-state index contributed by atoms with van der Waals surface area (Å²) < 4.78 is 5.31. The number of halogens is 2. The maximum absolute atomic E-state index is 13.4. The van der Waals surface area contributed by atoms with E-state index >= 15 is 0 Å². The highest BCUT2D eigenvalue weighted by Gasteiger charge is 2.60. The van der Waals surface area contributed by atoms with Gasteiger partial charge in [0.25, 0.3) is 0 Å². The number of benzene rings is 2. The Morgan fingerprint density at radius 3 is 2.67 bits per heavy atom. The van der Waals surface area contributed by atoms with Gasteiger partial charge in [0.15, 0.2) is 0 Å². The molecule has 1 spiro atoms. The van der Waals surface area contributed by atoms with Crippen LogP contribution in [0, 0.1) is 5.92 Å². The van der Waals surface area contributed by atoms with Crippen molar-refractivity contribution in [3.05, 3.63) is 52.0 Å². The number of fused-ring (bicyclic) bond motifs is 2. The standard InChI is InChI=1S/C21H21Cl2N3O4/c1-10(27)16-9-14(19(28)24-17-8-12(23)4-6-18(17)30-2)21(26-16)13-7-11(22)3-5-15(13)25-20(21)29/h3-8,10,14,16,26-27H,9H2,1-2H3,(H,24,28)(H,25,29)/t10-,14+,16+,21-/m0/s1. The van der Waals surface area contributed by atoms with Crippen LogP contribution >= 0.6 is 23.2 Å². The van der Waals surface area contributed by atoms with Crippen LogP contribution in [0.4, 0.5) is 11.4 Å². The quantitative estimate of drug-likeness (QED) is 0.574. The summed E-state index contributed by atoms with van der Waals surface area (Å²) >= 11 is 12.3. The number of nitrogens with one attached hydrogen (secondary N) is 3. The fourth-order valence-corrected chi connectivity index (χ4v) is 4.63. The zero-order valence-corrected chi connectivity index (χ0v) is 17.8. The second-order valence-electron chi connectivity index (χ2n) is 7.57. The van der Waals surface area contributed by atoms with Gasteiger partial charge in [-0.25, -0.2) is 0 Å². The molecule has 7 nitrogen and oxygen atoms in total. The highest BCUT2D eigenvalue weighted by atomic mass is 35.5. The molecule has 2 aromatic carbocycles. The molecule has 0 saturated carbocycles. The zero-order chi connectivity index (χ0) is 21.6. The number of hydrogen-bond donors (Lipinski definition) is 4. The van der Waals surface area contributed by atoms with Crippen molar-refractivity contribution in [2.45, 2.75) is 31.0 Å². The van der Waals surface area contributed by atoms with Gasteiger partial charge in [0.2, 0.25) is 11.8 Å². The van der Waals surface area contributed by atoms with E-state index in [1.165, 1.54) is 7.11 Å². The summed E-state index contributed by atoms with van der Waals surface area (Å²) in [5, 5.41) is 20.0. The first-order valence-electron chi connectivity index (χ1n) is 9.48. The molecule has 4 rings (SSSR count). The number of aliphatic hydroxyl groups excluding tert-OH is 1. The molecule has 4 atom stereocenters. The Bertz CT molecular complexity index is 1030. The first-order valence-corrected chi connectivity index (χ1v) is 10.2. The molecule has 2 aromatic rings. The van der Waals surface area contributed by atoms with E-state index in [1.54, 1.807) is 43.3 Å². The molecule has 0 unspecified atom stereocenters. The monoisotopic (exact) mass is 449 g/mol. The summed E-state index contributed by atoms with van der Waals surface area (Å²) in [6.45, 7) is 1.62. The third-order valence-corrected chi connectivity index (χ3v) is 6.23. The average molecular weight is 450 g/mol. The molecule has 158 valence electrons. The fraction of sp³-hybridized carbons (Fsp3) is 0.333. The number of aliphatic hydroxyl groups is 1. The zero-order valence-electron chi connectivity index (χ0n) is 16.3. The summed E-state index contributed by atoms with van der Waals surface area (Å²) in [5.41, 5.74) is 0.218. The summed E-state index contributed by atoms with van der Waals surface area (Å²) in [6, 6.07) is 9.48. The molecule has 0 radical (unpaired) electrons. The number of amides is 2. The van der Waals surface area contributed by atoms with Crippen LogP contribution in [0.5, 0.6) is 5.75 Å². The summed E-state index contributed by atoms with van der Waals surface area (Å²) in [5.74, 6) is -1.12. The van der Waals surface area contributed by atoms with Crippen LogP contribution in [0.25, 0.3) is 0 Å². The van der Waals surface area contributed by atoms with Crippen molar-refractivity contribution in [2.75, 3.05) is 17.7 Å². The molecule has 0 bridgehead atoms. The lowest BCUT2D eigenvalue weighted by atomic mass is 9.79. The van der Waals surface area contributed by atoms with E-state index in [2.05, 4.69) is 16.0 Å². The molecular weight excluding hydrogens is 429 g/mol. The molecule has 2 aliphatic rings. The molecule has 4 N–H and O–H groups in total. The van der Waals surface area contributed by atoms with Crippen LogP contribution in [0.2, 0.25) is 10.0 Å². The Morgan fingerprint density at radius 1 is 1.27 bits per heavy atom. The minimum absolute atomic E-state index is 0.256. The van der Waals surface area contributed by atoms with Crippen molar-refractivity contribution in [1.82, 2.24) is 5.32 Å². The average Bonchev–Trinajstić information content (AvgIpc) is 3.23. The van der Waals surface area contributed by atoms with E-state index in [4.69, 9.17) is 27.9 Å². The maximum Gasteiger partial charge on any atom is 0.250 e. The fourth-order valence-electron chi connectivity index (χ4n) is 4.29. The predicted octanol–water partition coefficient (Wildman–Crippen LogP) is 3.15. The highest BCUT2D eigenvalue weighted by Crippen LogP contribution is 2.48. The molecular formula is C21H21Cl2N3O4. The number of ether oxygens (including phenoxy) is 1. The van der Waals surface area contributed by atoms with Crippen molar-refractivity contribution in [2.24, 2.45) is 5.92 Å². The Morgan fingerprint density at radius 2 is 1.97 bits per heavy atom. The van der Waals surface area contributed by atoms with Crippen molar-refractivity contribution in [1.29, 1.82) is 0 Å². The van der Waals surface area contributed by atoms with Gasteiger partial charge in [0, 0.05) is 27.3 Å². The summed E-state index contributed by atoms with van der Waals surface area (Å²) in [7, 11) is 1.49. The topological polar surface area (TPSA) is 99.7 Å². The van der Waals surface area contributed by atoms with E-state index in [9.17, 15) is 14.7 Å². The van der Waals surface area contributed by atoms with Crippen LogP contribution < -0.4 is 20.7 Å². The van der Waals surface area contributed by atoms with Crippen molar-refractivity contribution in [3.8, 4) is 5.75 Å². The number of carbonyl (C=O) groups excluding carboxylic acids is 2. The lowest BCUT2D eigenvalue weighted by Crippen LogP contribution is -2.53. The molecule has 0 aliphatic carbocycles. The lowest BCUT2D eigenvalue weighted by molar-refractivity contribution is -0.130. The van der Waals surface area contributed by atoms with E-state index in [0.717, 1.165) is 0 Å². The smallest absolute Gasteiger partial charge is 0.250 e. The number of methoxy groups -OCH3 is 1. The molecule has 9 heteroatoms. The molecule has 1 fully saturated rings. The normalized spacial score (nSPS) is 25.7. The van der Waals surface area contributed by atoms with E-state index in [1.807, 2.05) is 0 Å². The van der Waals surface area contributed by atoms with Gasteiger partial charge in [-0.1, -0.05) is 23.2 Å². The van der Waals surface area contributed by atoms with Crippen LogP contribution in [0.1, 0.15) is 18.9 Å². The Labute approximate surface area is 183 Å². The number of hydrogen-bond acceptors (Lipinski definition) is 5. The number of anilines is 2. The van der Waals surface area contributed by atoms with Crippen molar-refractivity contribution >= 4 is 46.4 Å². The maximum atomic E-state index is 13.4. The highest BCUT2D eigenvalue weighted by molar-refractivity contribution is 6.31. The summed E-state index contributed by atoms with van der Waals surface area (Å²) in [4.78, 5) is 26.6. The third kappa shape index (κ3) is 3.32. The Kier molecular flexibility index (Phi) is 5.40. The Balaban J connectivity index is 1.76. The van der Waals surface area contributed by atoms with Crippen LogP contribution in [0.3, 0.4) is 0 Å². The molecule has 1 saturated heterocycles. The molecule has 0 aromatic heterocycles. The van der Waals surface area contributed by atoms with Crippen LogP contribution in [-0.2, 0) is 15.1 Å². The van der Waals surface area contributed by atoms with Crippen LogP contribution in [0.15, 0.2) is 36.4 Å². The van der Waals surface area contributed by atoms with Gasteiger partial charge >= 0.3 is 0 Å². The van der Waals surface area contributed by atoms with Crippen molar-refractivity contribution in [3.63, 3.8) is 0 Å². The van der Waals surface area contributed by atoms with Gasteiger partial charge in [0.05, 0.1) is 24.8 Å². The number of rotatable bonds is 4. The molecule has 2 aliphatic heterocycles. The third-order valence-electron chi connectivity index (χ3n) is 5.76. The lowest BCUT2D eigenvalue weighted by Gasteiger charge is -2.29. The molecule has 2 amide bonds. The first-order chi connectivity index (χ1) is 14.3. The Hall–Kier alpha value is -2.32. The van der Waals surface area contributed by atoms with Gasteiger partial charge in [-0.15, -0.1) is 0 Å². The summed E-state index contributed by atoms with van der Waals surface area (Å²) in [6.07, 6.45) is -0.511. The van der Waals surface area contributed by atoms with E-state index in [-0.39, 0.29) is 12.3 Å². The van der Waals surface area contributed by atoms with E-state index < -0.39 is 29.5 Å². The second kappa shape index (κ2) is 7.74. The van der Waals surface area contributed by atoms with E-state index in [0.29, 0.717) is 32.7 Å². The minimum atomic E-state index is -1.35. The van der Waals surface area contributed by atoms with Gasteiger partial charge in [0.1, 0.15) is 11.3 Å². The minimum Gasteiger partial charge on any atom is -0.495 e. The molecule has 30 heavy (non-hydrogen) atoms. The van der Waals surface area contributed by atoms with Gasteiger partial charge in [-0.2, -0.15) is 0 Å². The van der Waals surface area contributed by atoms with Crippen molar-refractivity contribution < 1.29 is 19.4 Å². The predicted molar refractivity (Wildman–Crippen MR) is 115 cm³/mol. The van der Waals surface area contributed by atoms with Gasteiger partial charge in [-0.3, -0.25) is 14.9 Å². The number of carbonyl (C=O) groups is 2. The van der Waals surface area contributed by atoms with Gasteiger partial charge < -0.3 is 20.5 Å². The van der Waals surface area contributed by atoms with Crippen LogP contribution in [-0.4, -0.2) is 36.2 Å². The van der Waals surface area contributed by atoms with Gasteiger partial charge in [-0.05, 0) is 49.7 Å².